The predicted octanol–water partition coefficient (Wildman–Crippen LogP) is 21.9. The van der Waals surface area contributed by atoms with Gasteiger partial charge in [-0.05, 0) is 178 Å². The van der Waals surface area contributed by atoms with Crippen LogP contribution in [-0.4, -0.2) is 0 Å². The molecular formula is C78H50. The van der Waals surface area contributed by atoms with Gasteiger partial charge in [-0.15, -0.1) is 0 Å². The Kier molecular flexibility index (Phi) is 11.0. The van der Waals surface area contributed by atoms with Crippen LogP contribution in [0.25, 0.3) is 154 Å². The molecule has 0 amide bonds. The van der Waals surface area contributed by atoms with Gasteiger partial charge in [0, 0.05) is 0 Å². The Hall–Kier alpha value is -10.1. The van der Waals surface area contributed by atoms with E-state index >= 15 is 0 Å². The summed E-state index contributed by atoms with van der Waals surface area (Å²) in [4.78, 5) is 0. The summed E-state index contributed by atoms with van der Waals surface area (Å²) in [7, 11) is 0. The summed E-state index contributed by atoms with van der Waals surface area (Å²) in [6.07, 6.45) is 0. The molecule has 0 saturated heterocycles. The molecule has 0 saturated carbocycles. The topological polar surface area (TPSA) is 0 Å². The van der Waals surface area contributed by atoms with Crippen molar-refractivity contribution in [3.63, 3.8) is 0 Å². The molecule has 15 aromatic rings. The van der Waals surface area contributed by atoms with Gasteiger partial charge in [0.15, 0.2) is 0 Å². The monoisotopic (exact) mass is 986 g/mol. The van der Waals surface area contributed by atoms with Crippen molar-refractivity contribution >= 4 is 64.6 Å². The fourth-order valence-electron chi connectivity index (χ4n) is 12.5. The largest absolute Gasteiger partial charge is 0.0616 e. The van der Waals surface area contributed by atoms with E-state index in [0.717, 1.165) is 22.3 Å². The van der Waals surface area contributed by atoms with Gasteiger partial charge in [-0.3, -0.25) is 0 Å². The number of fused-ring (bicyclic) bond motifs is 6. The van der Waals surface area contributed by atoms with Gasteiger partial charge in [-0.25, -0.2) is 0 Å². The van der Waals surface area contributed by atoms with E-state index in [1.807, 2.05) is 0 Å². The van der Waals surface area contributed by atoms with Crippen molar-refractivity contribution in [1.29, 1.82) is 0 Å². The Bertz CT molecular complexity index is 4360. The first-order valence-corrected chi connectivity index (χ1v) is 27.0. The zero-order chi connectivity index (χ0) is 51.5. The van der Waals surface area contributed by atoms with Gasteiger partial charge < -0.3 is 0 Å². The maximum atomic E-state index is 2.46. The SMILES string of the molecule is c1ccc2c(-c3ccc(-c4cc(-c5ccc(-c6c7ccccc7cc7ccccc67)cc5)c(-c5ccc(-c6cccc7ccccc67)cc5)cc4-c4ccc(-c5c6ccccc6cc6ccccc56)cc4)cc3)cccc2c1. The molecule has 0 aliphatic carbocycles. The molecule has 15 rings (SSSR count). The first-order chi connectivity index (χ1) is 38.7. The van der Waals surface area contributed by atoms with Gasteiger partial charge in [-0.2, -0.15) is 0 Å². The summed E-state index contributed by atoms with van der Waals surface area (Å²) in [5.41, 5.74) is 19.2. The zero-order valence-electron chi connectivity index (χ0n) is 42.9. The van der Waals surface area contributed by atoms with Crippen LogP contribution in [0, 0.1) is 0 Å². The zero-order valence-corrected chi connectivity index (χ0v) is 42.9. The molecule has 0 bridgehead atoms. The maximum Gasteiger partial charge on any atom is -0.00268 e. The molecule has 78 heavy (non-hydrogen) atoms. The lowest BCUT2D eigenvalue weighted by atomic mass is 9.84. The van der Waals surface area contributed by atoms with E-state index in [2.05, 4.69) is 303 Å². The third kappa shape index (κ3) is 7.85. The molecule has 0 aliphatic heterocycles. The predicted molar refractivity (Wildman–Crippen MR) is 335 cm³/mol. The summed E-state index contributed by atoms with van der Waals surface area (Å²) in [5, 5.41) is 15.0. The Morgan fingerprint density at radius 3 is 0.641 bits per heavy atom. The molecule has 0 unspecified atom stereocenters. The fourth-order valence-corrected chi connectivity index (χ4v) is 12.5. The quantitative estimate of drug-likeness (QED) is 0.133. The van der Waals surface area contributed by atoms with Gasteiger partial charge in [0.2, 0.25) is 0 Å². The Balaban J connectivity index is 0.936. The summed E-state index contributed by atoms with van der Waals surface area (Å²) in [6, 6.07) is 112. The Labute approximate surface area is 454 Å². The highest BCUT2D eigenvalue weighted by atomic mass is 14.2. The van der Waals surface area contributed by atoms with Crippen LogP contribution in [0.3, 0.4) is 0 Å². The Morgan fingerprint density at radius 1 is 0.128 bits per heavy atom. The normalized spacial score (nSPS) is 11.6. The number of benzene rings is 15. The van der Waals surface area contributed by atoms with Crippen molar-refractivity contribution in [2.24, 2.45) is 0 Å². The molecule has 0 aromatic heterocycles. The van der Waals surface area contributed by atoms with E-state index in [9.17, 15) is 0 Å². The Morgan fingerprint density at radius 2 is 0.346 bits per heavy atom. The van der Waals surface area contributed by atoms with Gasteiger partial charge in [0.1, 0.15) is 0 Å². The summed E-state index contributed by atoms with van der Waals surface area (Å²) < 4.78 is 0. The van der Waals surface area contributed by atoms with E-state index in [0.29, 0.717) is 0 Å². The molecule has 0 heteroatoms. The van der Waals surface area contributed by atoms with Crippen LogP contribution in [0.5, 0.6) is 0 Å². The highest BCUT2D eigenvalue weighted by molar-refractivity contribution is 6.14. The molecule has 0 fully saturated rings. The third-order valence-corrected chi connectivity index (χ3v) is 16.3. The summed E-state index contributed by atoms with van der Waals surface area (Å²) in [6.45, 7) is 0. The molecule has 0 heterocycles. The van der Waals surface area contributed by atoms with Gasteiger partial charge in [0.25, 0.3) is 0 Å². The highest BCUT2D eigenvalue weighted by Gasteiger charge is 2.20. The van der Waals surface area contributed by atoms with Gasteiger partial charge >= 0.3 is 0 Å². The molecule has 362 valence electrons. The van der Waals surface area contributed by atoms with Crippen LogP contribution in [-0.2, 0) is 0 Å². The van der Waals surface area contributed by atoms with Crippen molar-refractivity contribution in [3.05, 3.63) is 303 Å². The van der Waals surface area contributed by atoms with Crippen molar-refractivity contribution in [1.82, 2.24) is 0 Å². The fraction of sp³-hybridized carbons (Fsp3) is 0. The second-order valence-corrected chi connectivity index (χ2v) is 20.7. The van der Waals surface area contributed by atoms with Crippen LogP contribution in [0.4, 0.5) is 0 Å². The molecule has 0 nitrogen and oxygen atoms in total. The number of hydrogen-bond acceptors (Lipinski definition) is 0. The average Bonchev–Trinajstić information content (AvgIpc) is 3.55. The van der Waals surface area contributed by atoms with E-state index < -0.39 is 0 Å². The molecule has 0 radical (unpaired) electrons. The molecule has 0 atom stereocenters. The van der Waals surface area contributed by atoms with Crippen molar-refractivity contribution in [3.8, 4) is 89.0 Å². The molecular weight excluding hydrogens is 937 g/mol. The highest BCUT2D eigenvalue weighted by Crippen LogP contribution is 2.46. The summed E-state index contributed by atoms with van der Waals surface area (Å²) in [5.74, 6) is 0. The summed E-state index contributed by atoms with van der Waals surface area (Å²) >= 11 is 0. The van der Waals surface area contributed by atoms with E-state index in [4.69, 9.17) is 0 Å². The van der Waals surface area contributed by atoms with Crippen LogP contribution in [0.1, 0.15) is 0 Å². The maximum absolute atomic E-state index is 2.46. The third-order valence-electron chi connectivity index (χ3n) is 16.3. The van der Waals surface area contributed by atoms with Gasteiger partial charge in [-0.1, -0.05) is 279 Å². The van der Waals surface area contributed by atoms with Crippen LogP contribution >= 0.6 is 0 Å². The lowest BCUT2D eigenvalue weighted by Crippen LogP contribution is -1.94. The van der Waals surface area contributed by atoms with Crippen LogP contribution < -0.4 is 0 Å². The first kappa shape index (κ1) is 45.3. The van der Waals surface area contributed by atoms with Crippen molar-refractivity contribution in [2.75, 3.05) is 0 Å². The molecule has 0 N–H and O–H groups in total. The smallest absolute Gasteiger partial charge is 0.00268 e. The van der Waals surface area contributed by atoms with E-state index in [1.54, 1.807) is 0 Å². The van der Waals surface area contributed by atoms with Crippen LogP contribution in [0.15, 0.2) is 303 Å². The van der Waals surface area contributed by atoms with E-state index in [1.165, 1.54) is 131 Å². The number of rotatable bonds is 8. The lowest BCUT2D eigenvalue weighted by Gasteiger charge is -2.20. The second kappa shape index (κ2) is 18.9. The standard InChI is InChI=1S/C78H50/c1-7-23-65-51(15-1)21-13-29-67(65)53-31-35-55(36-32-53)73-49-76(58-41-45-60(46-42-58)78-71-27-11-5-19-63(71)48-64-20-6-12-28-72(64)78)74(56-37-33-54(34-38-56)68-30-14-22-52-16-2-8-24-66(52)68)50-75(73)57-39-43-59(44-40-57)77-69-25-9-3-17-61(69)47-62-18-4-10-26-70(62)77/h1-50H. The van der Waals surface area contributed by atoms with Crippen molar-refractivity contribution in [2.45, 2.75) is 0 Å². The van der Waals surface area contributed by atoms with Crippen LogP contribution in [0.2, 0.25) is 0 Å². The van der Waals surface area contributed by atoms with Crippen molar-refractivity contribution < 1.29 is 0 Å². The molecule has 0 aliphatic rings. The van der Waals surface area contributed by atoms with Gasteiger partial charge in [0.05, 0.1) is 0 Å². The number of hydrogen-bond donors (Lipinski definition) is 0. The average molecular weight is 987 g/mol. The van der Waals surface area contributed by atoms with E-state index in [-0.39, 0.29) is 0 Å². The minimum atomic E-state index is 1.16. The lowest BCUT2D eigenvalue weighted by molar-refractivity contribution is 1.54. The minimum absolute atomic E-state index is 1.16. The molecule has 15 aromatic carbocycles. The second-order valence-electron chi connectivity index (χ2n) is 20.7. The molecule has 0 spiro atoms. The first-order valence-electron chi connectivity index (χ1n) is 27.0. The minimum Gasteiger partial charge on any atom is -0.0616 e.